The first-order chi connectivity index (χ1) is 12.7. The molecule has 0 aliphatic carbocycles. The van der Waals surface area contributed by atoms with Crippen molar-refractivity contribution in [2.24, 2.45) is 0 Å². The lowest BCUT2D eigenvalue weighted by Crippen LogP contribution is -2.56. The fourth-order valence-electron chi connectivity index (χ4n) is 3.86. The highest BCUT2D eigenvalue weighted by Crippen LogP contribution is 2.44. The number of hydroxylamine groups is 2. The SMILES string of the molecule is C[C@H]1COc2c([N+]3([O-])CCN(C)CC3)c(F)cc3c(=O)c(C(=O)O)cn1c23. The second-order valence-corrected chi connectivity index (χ2v) is 7.32. The summed E-state index contributed by atoms with van der Waals surface area (Å²) in [4.78, 5) is 26.0. The lowest BCUT2D eigenvalue weighted by atomic mass is 10.0. The Morgan fingerprint density at radius 3 is 2.70 bits per heavy atom. The number of pyridine rings is 1. The number of hydrogen-bond acceptors (Lipinski definition) is 5. The predicted octanol–water partition coefficient (Wildman–Crippen LogP) is 1.54. The lowest BCUT2D eigenvalue weighted by molar-refractivity contribution is 0.0694. The van der Waals surface area contributed by atoms with E-state index in [1.54, 1.807) is 11.5 Å². The maximum absolute atomic E-state index is 15.1. The molecule has 0 saturated carbocycles. The van der Waals surface area contributed by atoms with Crippen LogP contribution in [0.15, 0.2) is 17.1 Å². The van der Waals surface area contributed by atoms with E-state index in [4.69, 9.17) is 4.74 Å². The van der Waals surface area contributed by atoms with Gasteiger partial charge < -0.3 is 24.3 Å². The highest BCUT2D eigenvalue weighted by atomic mass is 19.1. The summed E-state index contributed by atoms with van der Waals surface area (Å²) in [5.74, 6) is -2.16. The second kappa shape index (κ2) is 6.01. The molecule has 0 unspecified atom stereocenters. The van der Waals surface area contributed by atoms with Gasteiger partial charge in [0.2, 0.25) is 16.9 Å². The summed E-state index contributed by atoms with van der Waals surface area (Å²) in [6.45, 7) is 3.33. The number of quaternary nitrogens is 1. The summed E-state index contributed by atoms with van der Waals surface area (Å²) in [5.41, 5.74) is -1.04. The van der Waals surface area contributed by atoms with Gasteiger partial charge >= 0.3 is 5.97 Å². The maximum Gasteiger partial charge on any atom is 0.341 e. The Labute approximate surface area is 154 Å². The van der Waals surface area contributed by atoms with Crippen molar-refractivity contribution in [2.45, 2.75) is 13.0 Å². The topological polar surface area (TPSA) is 94.8 Å². The van der Waals surface area contributed by atoms with Gasteiger partial charge in [-0.05, 0) is 20.0 Å². The number of halogens is 1. The minimum absolute atomic E-state index is 0.0525. The molecule has 1 N–H and O–H groups in total. The van der Waals surface area contributed by atoms with Gasteiger partial charge in [-0.15, -0.1) is 0 Å². The average molecular weight is 377 g/mol. The van der Waals surface area contributed by atoms with Gasteiger partial charge in [0, 0.05) is 19.3 Å². The number of benzene rings is 1. The Morgan fingerprint density at radius 2 is 2.07 bits per heavy atom. The molecular weight excluding hydrogens is 357 g/mol. The molecular formula is C18H20FN3O5. The number of nitrogens with zero attached hydrogens (tertiary/aromatic N) is 3. The van der Waals surface area contributed by atoms with Crippen LogP contribution in [0.3, 0.4) is 0 Å². The molecule has 4 rings (SSSR count). The van der Waals surface area contributed by atoms with Crippen molar-refractivity contribution < 1.29 is 19.0 Å². The van der Waals surface area contributed by atoms with Gasteiger partial charge in [0.05, 0.1) is 24.5 Å². The summed E-state index contributed by atoms with van der Waals surface area (Å²) in [7, 11) is 1.90. The van der Waals surface area contributed by atoms with Crippen molar-refractivity contribution in [3.05, 3.63) is 39.1 Å². The number of carboxylic acids is 1. The molecule has 1 saturated heterocycles. The molecule has 0 bridgehead atoms. The molecule has 0 spiro atoms. The molecule has 1 aromatic carbocycles. The maximum atomic E-state index is 15.1. The fraction of sp³-hybridized carbons (Fsp3) is 0.444. The summed E-state index contributed by atoms with van der Waals surface area (Å²) in [6.07, 6.45) is 1.25. The van der Waals surface area contributed by atoms with E-state index in [0.717, 1.165) is 6.07 Å². The molecule has 2 aliphatic heterocycles. The van der Waals surface area contributed by atoms with E-state index in [1.807, 2.05) is 11.9 Å². The van der Waals surface area contributed by atoms with Crippen molar-refractivity contribution >= 4 is 22.6 Å². The third-order valence-electron chi connectivity index (χ3n) is 5.47. The Kier molecular flexibility index (Phi) is 3.99. The third-order valence-corrected chi connectivity index (χ3v) is 5.47. The molecule has 3 heterocycles. The fourth-order valence-corrected chi connectivity index (χ4v) is 3.86. The largest absolute Gasteiger partial charge is 0.627 e. The normalized spacial score (nSPS) is 21.9. The predicted molar refractivity (Wildman–Crippen MR) is 97.7 cm³/mol. The summed E-state index contributed by atoms with van der Waals surface area (Å²) in [5, 5.41) is 22.6. The number of carbonyl (C=O) groups is 1. The standard InChI is InChI=1S/C18H20FN3O5/c1-10-9-27-17-14-11(16(23)12(18(24)25)8-21(10)14)7-13(19)15(17)22(26)5-3-20(2)4-6-22/h7-8,10H,3-6,9H2,1-2H3,(H,24,25)/t10-/m0/s1. The Bertz CT molecular complexity index is 1010. The zero-order valence-electron chi connectivity index (χ0n) is 15.1. The molecule has 8 nitrogen and oxygen atoms in total. The van der Waals surface area contributed by atoms with Crippen LogP contribution in [0.2, 0.25) is 0 Å². The van der Waals surface area contributed by atoms with Crippen molar-refractivity contribution in [3.8, 4) is 5.75 Å². The van der Waals surface area contributed by atoms with Crippen LogP contribution in [0, 0.1) is 11.0 Å². The van der Waals surface area contributed by atoms with E-state index < -0.39 is 27.4 Å². The first kappa shape index (κ1) is 17.9. The van der Waals surface area contributed by atoms with Crippen LogP contribution in [0.1, 0.15) is 23.3 Å². The molecule has 1 fully saturated rings. The van der Waals surface area contributed by atoms with Crippen LogP contribution in [0.4, 0.5) is 10.1 Å². The van der Waals surface area contributed by atoms with Crippen molar-refractivity contribution in [3.63, 3.8) is 0 Å². The van der Waals surface area contributed by atoms with E-state index in [-0.39, 0.29) is 48.1 Å². The molecule has 9 heteroatoms. The highest BCUT2D eigenvalue weighted by Gasteiger charge is 2.37. The Hall–Kier alpha value is -2.49. The van der Waals surface area contributed by atoms with Crippen LogP contribution >= 0.6 is 0 Å². The first-order valence-electron chi connectivity index (χ1n) is 8.77. The van der Waals surface area contributed by atoms with Gasteiger partial charge in [-0.2, -0.15) is 0 Å². The summed E-state index contributed by atoms with van der Waals surface area (Å²) < 4.78 is 21.5. The third kappa shape index (κ3) is 2.61. The zero-order valence-corrected chi connectivity index (χ0v) is 15.1. The van der Waals surface area contributed by atoms with Gasteiger partial charge in [0.15, 0.2) is 5.82 Å². The average Bonchev–Trinajstić information content (AvgIpc) is 2.61. The van der Waals surface area contributed by atoms with Crippen LogP contribution in [0.5, 0.6) is 5.75 Å². The van der Waals surface area contributed by atoms with Crippen molar-refractivity contribution in [1.82, 2.24) is 14.1 Å². The minimum atomic E-state index is -1.37. The van der Waals surface area contributed by atoms with Crippen molar-refractivity contribution in [1.29, 1.82) is 0 Å². The lowest BCUT2D eigenvalue weighted by Gasteiger charge is -2.47. The number of hydrogen-bond donors (Lipinski definition) is 1. The molecule has 27 heavy (non-hydrogen) atoms. The number of ether oxygens (including phenoxy) is 1. The monoisotopic (exact) mass is 377 g/mol. The van der Waals surface area contributed by atoms with E-state index in [1.165, 1.54) is 6.20 Å². The molecule has 0 amide bonds. The number of aromatic carboxylic acids is 1. The van der Waals surface area contributed by atoms with Crippen LogP contribution in [-0.2, 0) is 0 Å². The van der Waals surface area contributed by atoms with Gasteiger partial charge in [-0.25, -0.2) is 9.18 Å². The smallest absolute Gasteiger partial charge is 0.341 e. The summed E-state index contributed by atoms with van der Waals surface area (Å²) in [6, 6.07) is 0.724. The minimum Gasteiger partial charge on any atom is -0.627 e. The van der Waals surface area contributed by atoms with E-state index >= 15 is 4.39 Å². The second-order valence-electron chi connectivity index (χ2n) is 7.32. The van der Waals surface area contributed by atoms with Gasteiger partial charge in [0.25, 0.3) is 0 Å². The highest BCUT2D eigenvalue weighted by molar-refractivity contribution is 5.97. The van der Waals surface area contributed by atoms with Gasteiger partial charge in [-0.3, -0.25) is 9.69 Å². The van der Waals surface area contributed by atoms with E-state index in [2.05, 4.69) is 0 Å². The van der Waals surface area contributed by atoms with Crippen LogP contribution in [0.25, 0.3) is 10.9 Å². The molecule has 1 aromatic heterocycles. The molecule has 2 aliphatic rings. The number of carboxylic acid groups (broad SMARTS) is 1. The van der Waals surface area contributed by atoms with Gasteiger partial charge in [0.1, 0.15) is 17.7 Å². The number of piperazine rings is 1. The number of likely N-dealkylation sites (N-methyl/N-ethyl adjacent to an activating group) is 1. The summed E-state index contributed by atoms with van der Waals surface area (Å²) >= 11 is 0. The number of aromatic nitrogens is 1. The zero-order chi connectivity index (χ0) is 19.5. The molecule has 0 radical (unpaired) electrons. The Balaban J connectivity index is 2.05. The molecule has 2 aromatic rings. The van der Waals surface area contributed by atoms with Gasteiger partial charge in [-0.1, -0.05) is 0 Å². The van der Waals surface area contributed by atoms with Crippen LogP contribution < -0.4 is 14.8 Å². The van der Waals surface area contributed by atoms with Crippen molar-refractivity contribution in [2.75, 3.05) is 39.8 Å². The number of rotatable bonds is 2. The quantitative estimate of drug-likeness (QED) is 0.630. The van der Waals surface area contributed by atoms with E-state index in [0.29, 0.717) is 13.1 Å². The first-order valence-corrected chi connectivity index (χ1v) is 8.77. The van der Waals surface area contributed by atoms with Crippen LogP contribution in [-0.4, -0.2) is 60.4 Å². The Morgan fingerprint density at radius 1 is 1.41 bits per heavy atom. The molecule has 144 valence electrons. The molecule has 1 atom stereocenters. The van der Waals surface area contributed by atoms with E-state index in [9.17, 15) is 19.9 Å².